The Morgan fingerprint density at radius 2 is 2.00 bits per heavy atom. The summed E-state index contributed by atoms with van der Waals surface area (Å²) in [5, 5.41) is 3.69. The summed E-state index contributed by atoms with van der Waals surface area (Å²) in [6, 6.07) is 7.30. The van der Waals surface area contributed by atoms with Crippen molar-refractivity contribution in [2.45, 2.75) is 6.36 Å². The molecule has 1 fully saturated rings. The van der Waals surface area contributed by atoms with Gasteiger partial charge in [0.25, 0.3) is 5.91 Å². The van der Waals surface area contributed by atoms with E-state index in [9.17, 15) is 18.0 Å². The second-order valence-electron chi connectivity index (χ2n) is 6.81. The number of aromatic nitrogens is 2. The standard InChI is InChI=1S/C20H19F3N4O3/c1-26-6-5-15-17(26)16(19(28)27-7-9-29-10-8-27)12-24-18(15)25-13-3-2-4-14(11-13)30-20(21,22)23/h2-6,11-12H,7-10H2,1H3,(H,24,25). The van der Waals surface area contributed by atoms with Crippen LogP contribution in [0.4, 0.5) is 24.7 Å². The Balaban J connectivity index is 1.65. The summed E-state index contributed by atoms with van der Waals surface area (Å²) in [6.45, 7) is 2.00. The molecule has 0 aliphatic carbocycles. The van der Waals surface area contributed by atoms with E-state index in [0.29, 0.717) is 54.3 Å². The lowest BCUT2D eigenvalue weighted by Gasteiger charge is -2.27. The van der Waals surface area contributed by atoms with E-state index in [0.717, 1.165) is 0 Å². The molecule has 0 radical (unpaired) electrons. The Morgan fingerprint density at radius 3 is 2.73 bits per heavy atom. The fraction of sp³-hybridized carbons (Fsp3) is 0.300. The van der Waals surface area contributed by atoms with Crippen molar-refractivity contribution in [3.63, 3.8) is 0 Å². The van der Waals surface area contributed by atoms with Gasteiger partial charge in [-0.3, -0.25) is 4.79 Å². The van der Waals surface area contributed by atoms with Gasteiger partial charge in [0.1, 0.15) is 11.6 Å². The number of hydrogen-bond acceptors (Lipinski definition) is 5. The van der Waals surface area contributed by atoms with Crippen molar-refractivity contribution in [2.75, 3.05) is 31.6 Å². The van der Waals surface area contributed by atoms with Crippen LogP contribution in [0, 0.1) is 0 Å². The summed E-state index contributed by atoms with van der Waals surface area (Å²) in [6.07, 6.45) is -1.49. The number of carbonyl (C=O) groups is 1. The summed E-state index contributed by atoms with van der Waals surface area (Å²) in [5.74, 6) is -0.0473. The summed E-state index contributed by atoms with van der Waals surface area (Å²) in [7, 11) is 1.82. The van der Waals surface area contributed by atoms with Crippen molar-refractivity contribution in [2.24, 2.45) is 7.05 Å². The van der Waals surface area contributed by atoms with Gasteiger partial charge in [0.05, 0.1) is 24.3 Å². The molecule has 0 atom stereocenters. The number of hydrogen-bond donors (Lipinski definition) is 1. The van der Waals surface area contributed by atoms with Gasteiger partial charge in [0, 0.05) is 49.7 Å². The van der Waals surface area contributed by atoms with Crippen LogP contribution in [-0.4, -0.2) is 53.0 Å². The number of pyridine rings is 1. The van der Waals surface area contributed by atoms with Crippen molar-refractivity contribution in [3.05, 3.63) is 48.3 Å². The van der Waals surface area contributed by atoms with E-state index in [1.54, 1.807) is 23.2 Å². The number of halogens is 3. The first kappa shape index (κ1) is 20.0. The average molecular weight is 420 g/mol. The largest absolute Gasteiger partial charge is 0.573 e. The predicted octanol–water partition coefficient (Wildman–Crippen LogP) is 3.69. The van der Waals surface area contributed by atoms with E-state index < -0.39 is 6.36 Å². The monoisotopic (exact) mass is 420 g/mol. The van der Waals surface area contributed by atoms with Gasteiger partial charge >= 0.3 is 6.36 Å². The fourth-order valence-corrected chi connectivity index (χ4v) is 3.42. The summed E-state index contributed by atoms with van der Waals surface area (Å²) in [5.41, 5.74) is 1.52. The highest BCUT2D eigenvalue weighted by atomic mass is 19.4. The lowest BCUT2D eigenvalue weighted by atomic mass is 10.1. The normalized spacial score (nSPS) is 14.7. The molecule has 10 heteroatoms. The van der Waals surface area contributed by atoms with E-state index in [2.05, 4.69) is 15.0 Å². The van der Waals surface area contributed by atoms with Gasteiger partial charge in [-0.05, 0) is 18.2 Å². The average Bonchev–Trinajstić information content (AvgIpc) is 3.10. The van der Waals surface area contributed by atoms with Crippen LogP contribution < -0.4 is 10.1 Å². The molecule has 1 aliphatic rings. The Hall–Kier alpha value is -3.27. The van der Waals surface area contributed by atoms with Gasteiger partial charge in [-0.2, -0.15) is 0 Å². The van der Waals surface area contributed by atoms with E-state index in [4.69, 9.17) is 4.74 Å². The van der Waals surface area contributed by atoms with E-state index in [1.807, 2.05) is 11.6 Å². The smallest absolute Gasteiger partial charge is 0.406 e. The van der Waals surface area contributed by atoms with Gasteiger partial charge in [0.15, 0.2) is 0 Å². The third kappa shape index (κ3) is 4.18. The van der Waals surface area contributed by atoms with Crippen LogP contribution in [0.5, 0.6) is 5.75 Å². The fourth-order valence-electron chi connectivity index (χ4n) is 3.42. The molecule has 4 rings (SSSR count). The first-order valence-electron chi connectivity index (χ1n) is 9.26. The first-order chi connectivity index (χ1) is 14.3. The molecule has 0 saturated carbocycles. The summed E-state index contributed by atoms with van der Waals surface area (Å²) in [4.78, 5) is 19.1. The zero-order chi connectivity index (χ0) is 21.3. The molecule has 3 heterocycles. The first-order valence-corrected chi connectivity index (χ1v) is 9.26. The Morgan fingerprint density at radius 1 is 1.23 bits per heavy atom. The molecule has 3 aromatic rings. The number of rotatable bonds is 4. The highest BCUT2D eigenvalue weighted by Gasteiger charge is 2.31. The topological polar surface area (TPSA) is 68.6 Å². The molecule has 0 spiro atoms. The predicted molar refractivity (Wildman–Crippen MR) is 104 cm³/mol. The van der Waals surface area contributed by atoms with Crippen molar-refractivity contribution in [1.29, 1.82) is 0 Å². The molecule has 30 heavy (non-hydrogen) atoms. The van der Waals surface area contributed by atoms with Gasteiger partial charge in [0.2, 0.25) is 0 Å². The lowest BCUT2D eigenvalue weighted by molar-refractivity contribution is -0.274. The van der Waals surface area contributed by atoms with E-state index in [-0.39, 0.29) is 11.7 Å². The van der Waals surface area contributed by atoms with Crippen LogP contribution >= 0.6 is 0 Å². The minimum absolute atomic E-state index is 0.135. The number of amides is 1. The molecule has 0 bridgehead atoms. The molecular formula is C20H19F3N4O3. The lowest BCUT2D eigenvalue weighted by Crippen LogP contribution is -2.40. The maximum atomic E-state index is 13.0. The van der Waals surface area contributed by atoms with Gasteiger partial charge in [-0.25, -0.2) is 4.98 Å². The Bertz CT molecular complexity index is 1070. The van der Waals surface area contributed by atoms with Crippen LogP contribution in [-0.2, 0) is 11.8 Å². The van der Waals surface area contributed by atoms with Crippen LogP contribution in [0.15, 0.2) is 42.7 Å². The van der Waals surface area contributed by atoms with Crippen molar-refractivity contribution in [1.82, 2.24) is 14.5 Å². The number of aryl methyl sites for hydroxylation is 1. The van der Waals surface area contributed by atoms with E-state index >= 15 is 0 Å². The number of ether oxygens (including phenoxy) is 2. The summed E-state index contributed by atoms with van der Waals surface area (Å²) < 4.78 is 48.5. The number of carbonyl (C=O) groups excluding carboxylic acids is 1. The van der Waals surface area contributed by atoms with Crippen LogP contribution in [0.3, 0.4) is 0 Å². The van der Waals surface area contributed by atoms with E-state index in [1.165, 1.54) is 24.4 Å². The molecule has 1 N–H and O–H groups in total. The molecule has 1 aliphatic heterocycles. The minimum Gasteiger partial charge on any atom is -0.406 e. The molecule has 1 aromatic carbocycles. The molecule has 158 valence electrons. The van der Waals surface area contributed by atoms with Gasteiger partial charge in [-0.1, -0.05) is 6.07 Å². The van der Waals surface area contributed by atoms with Crippen LogP contribution in [0.1, 0.15) is 10.4 Å². The number of alkyl halides is 3. The highest BCUT2D eigenvalue weighted by Crippen LogP contribution is 2.31. The number of morpholine rings is 1. The number of fused-ring (bicyclic) bond motifs is 1. The van der Waals surface area contributed by atoms with Gasteiger partial charge in [-0.15, -0.1) is 13.2 Å². The second kappa shape index (κ2) is 7.86. The second-order valence-corrected chi connectivity index (χ2v) is 6.81. The maximum absolute atomic E-state index is 13.0. The van der Waals surface area contributed by atoms with Crippen LogP contribution in [0.2, 0.25) is 0 Å². The van der Waals surface area contributed by atoms with Gasteiger partial charge < -0.3 is 24.3 Å². The quantitative estimate of drug-likeness (QED) is 0.697. The zero-order valence-corrected chi connectivity index (χ0v) is 16.1. The number of benzene rings is 1. The van der Waals surface area contributed by atoms with Crippen molar-refractivity contribution in [3.8, 4) is 5.75 Å². The number of nitrogens with one attached hydrogen (secondary N) is 1. The Kier molecular flexibility index (Phi) is 5.25. The molecule has 1 amide bonds. The third-order valence-electron chi connectivity index (χ3n) is 4.76. The summed E-state index contributed by atoms with van der Waals surface area (Å²) >= 11 is 0. The van der Waals surface area contributed by atoms with Crippen LogP contribution in [0.25, 0.3) is 10.9 Å². The highest BCUT2D eigenvalue weighted by molar-refractivity contribution is 6.08. The molecule has 7 nitrogen and oxygen atoms in total. The zero-order valence-electron chi connectivity index (χ0n) is 16.1. The third-order valence-corrected chi connectivity index (χ3v) is 4.76. The molecule has 1 saturated heterocycles. The number of nitrogens with zero attached hydrogens (tertiary/aromatic N) is 3. The number of anilines is 2. The molecule has 0 unspecified atom stereocenters. The minimum atomic E-state index is -4.77. The van der Waals surface area contributed by atoms with Crippen molar-refractivity contribution < 1.29 is 27.4 Å². The molecule has 2 aromatic heterocycles. The molecular weight excluding hydrogens is 401 g/mol. The van der Waals surface area contributed by atoms with Crippen molar-refractivity contribution >= 4 is 28.3 Å². The maximum Gasteiger partial charge on any atom is 0.573 e. The Labute approximate surface area is 170 Å². The SMILES string of the molecule is Cn1ccc2c(Nc3cccc(OC(F)(F)F)c3)ncc(C(=O)N3CCOCC3)c21.